The Hall–Kier alpha value is -1.11. The lowest BCUT2D eigenvalue weighted by molar-refractivity contribution is -0.141. The van der Waals surface area contributed by atoms with Crippen molar-refractivity contribution in [3.63, 3.8) is 0 Å². The van der Waals surface area contributed by atoms with Crippen LogP contribution in [0.2, 0.25) is 15.1 Å². The molecule has 2 aromatic rings. The molecule has 0 N–H and O–H groups in total. The molecule has 112 valence electrons. The van der Waals surface area contributed by atoms with Crippen LogP contribution >= 0.6 is 34.8 Å². The van der Waals surface area contributed by atoms with Gasteiger partial charge >= 0.3 is 6.18 Å². The molecule has 0 bridgehead atoms. The predicted molar refractivity (Wildman–Crippen MR) is 69.6 cm³/mol. The van der Waals surface area contributed by atoms with Crippen molar-refractivity contribution in [2.45, 2.75) is 6.18 Å². The molecule has 1 nitrogen and oxygen atoms in total. The number of benzene rings is 1. The average molecular weight is 363 g/mol. The van der Waals surface area contributed by atoms with Crippen LogP contribution in [0.5, 0.6) is 0 Å². The van der Waals surface area contributed by atoms with Gasteiger partial charge in [0.2, 0.25) is 5.95 Å². The van der Waals surface area contributed by atoms with Crippen LogP contribution < -0.4 is 0 Å². The van der Waals surface area contributed by atoms with Crippen molar-refractivity contribution in [3.05, 3.63) is 50.7 Å². The van der Waals surface area contributed by atoms with Crippen molar-refractivity contribution >= 4 is 34.8 Å². The van der Waals surface area contributed by atoms with E-state index in [0.29, 0.717) is 0 Å². The van der Waals surface area contributed by atoms with E-state index in [9.17, 15) is 22.0 Å². The van der Waals surface area contributed by atoms with Gasteiger partial charge in [-0.3, -0.25) is 0 Å². The fraction of sp³-hybridized carbons (Fsp3) is 0.0833. The first kappa shape index (κ1) is 16.3. The Balaban J connectivity index is 2.72. The van der Waals surface area contributed by atoms with E-state index in [1.165, 1.54) is 6.07 Å². The van der Waals surface area contributed by atoms with E-state index >= 15 is 0 Å². The molecule has 0 saturated carbocycles. The summed E-state index contributed by atoms with van der Waals surface area (Å²) in [5, 5.41) is -0.337. The fourth-order valence-electron chi connectivity index (χ4n) is 1.61. The molecular formula is C12H3Cl3F5N. The maximum absolute atomic E-state index is 13.8. The van der Waals surface area contributed by atoms with Gasteiger partial charge < -0.3 is 0 Å². The van der Waals surface area contributed by atoms with Crippen molar-refractivity contribution in [3.8, 4) is 11.1 Å². The largest absolute Gasteiger partial charge is 0.433 e. The number of pyridine rings is 1. The minimum Gasteiger partial charge on any atom is -0.214 e. The third-order valence-electron chi connectivity index (χ3n) is 2.48. The molecule has 9 heteroatoms. The van der Waals surface area contributed by atoms with Gasteiger partial charge in [0.1, 0.15) is 5.82 Å². The number of halogens is 8. The standard InChI is InChI=1S/C12H3Cl3F5N/c13-4-1-5(10(15)6(14)2-4)9-7(16)3-8(12(18,19)20)21-11(9)17/h1-3H. The highest BCUT2D eigenvalue weighted by atomic mass is 35.5. The highest BCUT2D eigenvalue weighted by Gasteiger charge is 2.35. The monoisotopic (exact) mass is 361 g/mol. The molecule has 0 aliphatic rings. The van der Waals surface area contributed by atoms with Crippen LogP contribution in [0, 0.1) is 11.8 Å². The minimum absolute atomic E-state index is 0.0121. The molecule has 21 heavy (non-hydrogen) atoms. The molecule has 1 aromatic carbocycles. The number of nitrogens with zero attached hydrogens (tertiary/aromatic N) is 1. The summed E-state index contributed by atoms with van der Waals surface area (Å²) in [5.41, 5.74) is -2.81. The Morgan fingerprint density at radius 1 is 0.952 bits per heavy atom. The molecule has 1 heterocycles. The first-order valence-corrected chi connectivity index (χ1v) is 6.33. The van der Waals surface area contributed by atoms with Crippen LogP contribution in [0.25, 0.3) is 11.1 Å². The van der Waals surface area contributed by atoms with E-state index in [4.69, 9.17) is 34.8 Å². The lowest BCUT2D eigenvalue weighted by Gasteiger charge is -2.12. The van der Waals surface area contributed by atoms with Crippen molar-refractivity contribution in [2.24, 2.45) is 0 Å². The second-order valence-corrected chi connectivity index (χ2v) is 5.12. The van der Waals surface area contributed by atoms with E-state index in [2.05, 4.69) is 4.98 Å². The smallest absolute Gasteiger partial charge is 0.214 e. The second kappa shape index (κ2) is 5.59. The van der Waals surface area contributed by atoms with Gasteiger partial charge in [-0.2, -0.15) is 17.6 Å². The molecule has 0 spiro atoms. The maximum atomic E-state index is 13.8. The Morgan fingerprint density at radius 2 is 1.57 bits per heavy atom. The molecule has 0 radical (unpaired) electrons. The summed E-state index contributed by atoms with van der Waals surface area (Å²) in [6.45, 7) is 0. The van der Waals surface area contributed by atoms with Gasteiger partial charge in [0, 0.05) is 16.7 Å². The quantitative estimate of drug-likeness (QED) is 0.344. The Bertz CT molecular complexity index is 692. The molecule has 0 fully saturated rings. The molecule has 0 aliphatic carbocycles. The zero-order valence-electron chi connectivity index (χ0n) is 9.70. The van der Waals surface area contributed by atoms with Crippen molar-refractivity contribution < 1.29 is 22.0 Å². The molecule has 0 saturated heterocycles. The van der Waals surface area contributed by atoms with Crippen LogP contribution in [-0.4, -0.2) is 4.98 Å². The van der Waals surface area contributed by atoms with Gasteiger partial charge in [-0.05, 0) is 12.1 Å². The lowest BCUT2D eigenvalue weighted by Crippen LogP contribution is -2.11. The van der Waals surface area contributed by atoms with Gasteiger partial charge in [-0.25, -0.2) is 9.37 Å². The first-order valence-electron chi connectivity index (χ1n) is 5.19. The summed E-state index contributed by atoms with van der Waals surface area (Å²) in [6.07, 6.45) is -4.98. The SMILES string of the molecule is Fc1cc(C(F)(F)F)nc(F)c1-c1cc(Cl)cc(Cl)c1Cl. The van der Waals surface area contributed by atoms with Crippen LogP contribution in [0.1, 0.15) is 5.69 Å². The highest BCUT2D eigenvalue weighted by Crippen LogP contribution is 2.39. The van der Waals surface area contributed by atoms with Crippen molar-refractivity contribution in [1.82, 2.24) is 4.98 Å². The lowest BCUT2D eigenvalue weighted by atomic mass is 10.1. The fourth-order valence-corrected chi connectivity index (χ4v) is 2.30. The molecule has 2 rings (SSSR count). The van der Waals surface area contributed by atoms with Crippen LogP contribution in [-0.2, 0) is 6.18 Å². The Labute approximate surface area is 130 Å². The predicted octanol–water partition coefficient (Wildman–Crippen LogP) is 6.01. The molecule has 0 amide bonds. The van der Waals surface area contributed by atoms with Crippen LogP contribution in [0.4, 0.5) is 22.0 Å². The van der Waals surface area contributed by atoms with E-state index in [-0.39, 0.29) is 26.7 Å². The summed E-state index contributed by atoms with van der Waals surface area (Å²) in [7, 11) is 0. The van der Waals surface area contributed by atoms with Gasteiger partial charge in [0.15, 0.2) is 5.69 Å². The van der Waals surface area contributed by atoms with Crippen molar-refractivity contribution in [1.29, 1.82) is 0 Å². The molecule has 0 aliphatic heterocycles. The minimum atomic E-state index is -4.98. The summed E-state index contributed by atoms with van der Waals surface area (Å²) < 4.78 is 64.9. The summed E-state index contributed by atoms with van der Waals surface area (Å²) >= 11 is 17.2. The average Bonchev–Trinajstić information content (AvgIpc) is 2.32. The zero-order chi connectivity index (χ0) is 15.9. The van der Waals surface area contributed by atoms with E-state index < -0.39 is 29.2 Å². The van der Waals surface area contributed by atoms with Gasteiger partial charge in [-0.15, -0.1) is 0 Å². The Kier molecular flexibility index (Phi) is 4.33. The molecular weight excluding hydrogens is 359 g/mol. The van der Waals surface area contributed by atoms with E-state index in [1.807, 2.05) is 0 Å². The van der Waals surface area contributed by atoms with Crippen LogP contribution in [0.15, 0.2) is 18.2 Å². The van der Waals surface area contributed by atoms with Gasteiger partial charge in [0.05, 0.1) is 15.6 Å². The third kappa shape index (κ3) is 3.22. The number of hydrogen-bond donors (Lipinski definition) is 0. The Morgan fingerprint density at radius 3 is 2.10 bits per heavy atom. The third-order valence-corrected chi connectivity index (χ3v) is 3.50. The maximum Gasteiger partial charge on any atom is 0.433 e. The molecule has 0 atom stereocenters. The van der Waals surface area contributed by atoms with E-state index in [0.717, 1.165) is 6.07 Å². The summed E-state index contributed by atoms with van der Waals surface area (Å²) in [5.74, 6) is -3.14. The number of aromatic nitrogens is 1. The summed E-state index contributed by atoms with van der Waals surface area (Å²) in [6, 6.07) is 2.37. The number of alkyl halides is 3. The topological polar surface area (TPSA) is 12.9 Å². The summed E-state index contributed by atoms with van der Waals surface area (Å²) in [4.78, 5) is 2.71. The second-order valence-electron chi connectivity index (χ2n) is 3.90. The molecule has 0 unspecified atom stereocenters. The van der Waals surface area contributed by atoms with Crippen LogP contribution in [0.3, 0.4) is 0 Å². The normalized spacial score (nSPS) is 11.8. The number of hydrogen-bond acceptors (Lipinski definition) is 1. The zero-order valence-corrected chi connectivity index (χ0v) is 12.0. The first-order chi connectivity index (χ1) is 9.61. The molecule has 1 aromatic heterocycles. The van der Waals surface area contributed by atoms with Crippen molar-refractivity contribution in [2.75, 3.05) is 0 Å². The van der Waals surface area contributed by atoms with Gasteiger partial charge in [0.25, 0.3) is 0 Å². The van der Waals surface area contributed by atoms with E-state index in [1.54, 1.807) is 0 Å². The van der Waals surface area contributed by atoms with Gasteiger partial charge in [-0.1, -0.05) is 34.8 Å². The number of rotatable bonds is 1. The highest BCUT2D eigenvalue weighted by molar-refractivity contribution is 6.45.